The molecule has 0 saturated carbocycles. The van der Waals surface area contributed by atoms with Crippen molar-refractivity contribution in [2.24, 2.45) is 5.92 Å². The Balaban J connectivity index is 1.95. The first-order valence-electron chi connectivity index (χ1n) is 9.58. The topological polar surface area (TPSA) is 38.1 Å². The van der Waals surface area contributed by atoms with Crippen molar-refractivity contribution in [3.05, 3.63) is 50.6 Å². The molecule has 2 aromatic heterocycles. The highest BCUT2D eigenvalue weighted by molar-refractivity contribution is 9.11. The van der Waals surface area contributed by atoms with E-state index in [2.05, 4.69) is 36.7 Å². The first-order valence-corrected chi connectivity index (χ1v) is 11.2. The Morgan fingerprint density at radius 2 is 2.11 bits per heavy atom. The Kier molecular flexibility index (Phi) is 6.88. The fourth-order valence-electron chi connectivity index (χ4n) is 3.16. The molecule has 2 heterocycles. The number of hydrogen-bond donors (Lipinski definition) is 0. The van der Waals surface area contributed by atoms with Crippen molar-refractivity contribution in [3.63, 3.8) is 0 Å². The molecule has 0 aliphatic heterocycles. The molecule has 0 spiro atoms. The van der Waals surface area contributed by atoms with E-state index in [1.807, 2.05) is 21.6 Å². The number of amides is 1. The van der Waals surface area contributed by atoms with E-state index in [4.69, 9.17) is 4.98 Å². The summed E-state index contributed by atoms with van der Waals surface area (Å²) in [5.41, 5.74) is 1.55. The van der Waals surface area contributed by atoms with E-state index in [0.717, 1.165) is 40.0 Å². The Morgan fingerprint density at radius 3 is 2.75 bits per heavy atom. The largest absolute Gasteiger partial charge is 0.330 e. The van der Waals surface area contributed by atoms with Gasteiger partial charge in [-0.3, -0.25) is 4.79 Å². The van der Waals surface area contributed by atoms with Crippen molar-refractivity contribution in [2.45, 2.75) is 46.7 Å². The standard InChI is InChI=1S/C21H25BrFN3OS/c1-4-10-26-17-12-15(23)5-6-16(17)24-20(26)13-25(11-9-14(2)3)21(27)18-7-8-19(22)28-18/h5-8,12,14H,4,9-11,13H2,1-3H3. The molecule has 0 N–H and O–H groups in total. The van der Waals surface area contributed by atoms with Gasteiger partial charge in [-0.05, 0) is 65.0 Å². The highest BCUT2D eigenvalue weighted by atomic mass is 79.9. The lowest BCUT2D eigenvalue weighted by molar-refractivity contribution is 0.0734. The van der Waals surface area contributed by atoms with Crippen LogP contribution in [0.15, 0.2) is 34.1 Å². The number of fused-ring (bicyclic) bond motifs is 1. The number of thiophene rings is 1. The zero-order valence-corrected chi connectivity index (χ0v) is 18.8. The molecule has 0 atom stereocenters. The van der Waals surface area contributed by atoms with Crippen molar-refractivity contribution in [3.8, 4) is 0 Å². The van der Waals surface area contributed by atoms with Gasteiger partial charge in [0.2, 0.25) is 0 Å². The summed E-state index contributed by atoms with van der Waals surface area (Å²) in [5, 5.41) is 0. The van der Waals surface area contributed by atoms with Gasteiger partial charge in [0, 0.05) is 13.1 Å². The molecule has 1 amide bonds. The molecule has 4 nitrogen and oxygen atoms in total. The Bertz CT molecular complexity index is 966. The van der Waals surface area contributed by atoms with E-state index in [1.165, 1.54) is 23.5 Å². The first-order chi connectivity index (χ1) is 13.4. The summed E-state index contributed by atoms with van der Waals surface area (Å²) in [6, 6.07) is 8.41. The van der Waals surface area contributed by atoms with Crippen LogP contribution in [0.1, 0.15) is 49.1 Å². The van der Waals surface area contributed by atoms with Crippen LogP contribution in [0.3, 0.4) is 0 Å². The number of benzene rings is 1. The minimum atomic E-state index is -0.271. The Morgan fingerprint density at radius 1 is 1.32 bits per heavy atom. The number of carbonyl (C=O) groups is 1. The normalized spacial score (nSPS) is 11.5. The lowest BCUT2D eigenvalue weighted by atomic mass is 10.1. The lowest BCUT2D eigenvalue weighted by Crippen LogP contribution is -2.32. The van der Waals surface area contributed by atoms with Crippen LogP contribution in [0.2, 0.25) is 0 Å². The zero-order chi connectivity index (χ0) is 20.3. The van der Waals surface area contributed by atoms with Gasteiger partial charge in [-0.1, -0.05) is 20.8 Å². The van der Waals surface area contributed by atoms with Gasteiger partial charge in [0.1, 0.15) is 11.6 Å². The summed E-state index contributed by atoms with van der Waals surface area (Å²) in [6.07, 6.45) is 1.83. The molecule has 0 aliphatic carbocycles. The number of rotatable bonds is 8. The van der Waals surface area contributed by atoms with Gasteiger partial charge in [-0.25, -0.2) is 9.37 Å². The van der Waals surface area contributed by atoms with E-state index >= 15 is 0 Å². The third-order valence-corrected chi connectivity index (χ3v) is 6.23. The average Bonchev–Trinajstić information content (AvgIpc) is 3.22. The highest BCUT2D eigenvalue weighted by Crippen LogP contribution is 2.25. The third-order valence-electron chi connectivity index (χ3n) is 4.62. The third kappa shape index (κ3) is 4.81. The van der Waals surface area contributed by atoms with E-state index in [0.29, 0.717) is 23.9 Å². The van der Waals surface area contributed by atoms with Crippen LogP contribution in [-0.4, -0.2) is 26.9 Å². The van der Waals surface area contributed by atoms with Gasteiger partial charge in [0.05, 0.1) is 26.2 Å². The van der Waals surface area contributed by atoms with E-state index in [1.54, 1.807) is 6.07 Å². The molecule has 1 aromatic carbocycles. The SMILES string of the molecule is CCCn1c(CN(CCC(C)C)C(=O)c2ccc(Br)s2)nc2ccc(F)cc21. The number of nitrogens with zero attached hydrogens (tertiary/aromatic N) is 3. The smallest absolute Gasteiger partial charge is 0.264 e. The molecular weight excluding hydrogens is 441 g/mol. The summed E-state index contributed by atoms with van der Waals surface area (Å²) >= 11 is 4.88. The fraction of sp³-hybridized carbons (Fsp3) is 0.429. The van der Waals surface area contributed by atoms with Gasteiger partial charge in [-0.2, -0.15) is 0 Å². The summed E-state index contributed by atoms with van der Waals surface area (Å²) in [7, 11) is 0. The van der Waals surface area contributed by atoms with E-state index in [-0.39, 0.29) is 11.7 Å². The maximum absolute atomic E-state index is 13.8. The number of hydrogen-bond acceptors (Lipinski definition) is 3. The van der Waals surface area contributed by atoms with Crippen LogP contribution in [0.25, 0.3) is 11.0 Å². The molecule has 28 heavy (non-hydrogen) atoms. The summed E-state index contributed by atoms with van der Waals surface area (Å²) < 4.78 is 16.8. The van der Waals surface area contributed by atoms with E-state index < -0.39 is 0 Å². The monoisotopic (exact) mass is 465 g/mol. The maximum Gasteiger partial charge on any atom is 0.264 e. The summed E-state index contributed by atoms with van der Waals surface area (Å²) in [5.74, 6) is 1.04. The predicted molar refractivity (Wildman–Crippen MR) is 116 cm³/mol. The molecule has 3 rings (SSSR count). The van der Waals surface area contributed by atoms with Crippen LogP contribution in [0.5, 0.6) is 0 Å². The van der Waals surface area contributed by atoms with Crippen molar-refractivity contribution in [1.82, 2.24) is 14.5 Å². The minimum absolute atomic E-state index is 0.0117. The average molecular weight is 466 g/mol. The van der Waals surface area contributed by atoms with Gasteiger partial charge in [0.15, 0.2) is 0 Å². The molecule has 3 aromatic rings. The van der Waals surface area contributed by atoms with E-state index in [9.17, 15) is 9.18 Å². The molecule has 7 heteroatoms. The van der Waals surface area contributed by atoms with Crippen molar-refractivity contribution >= 4 is 44.2 Å². The quantitative estimate of drug-likeness (QED) is 0.403. The van der Waals surface area contributed by atoms with Crippen LogP contribution in [0.4, 0.5) is 4.39 Å². The fourth-order valence-corrected chi connectivity index (χ4v) is 4.52. The summed E-state index contributed by atoms with van der Waals surface area (Å²) in [6.45, 7) is 8.21. The summed E-state index contributed by atoms with van der Waals surface area (Å²) in [4.78, 5) is 20.4. The molecule has 150 valence electrons. The minimum Gasteiger partial charge on any atom is -0.330 e. The Labute approximate surface area is 177 Å². The van der Waals surface area contributed by atoms with Crippen molar-refractivity contribution < 1.29 is 9.18 Å². The highest BCUT2D eigenvalue weighted by Gasteiger charge is 2.21. The lowest BCUT2D eigenvalue weighted by Gasteiger charge is -2.23. The molecular formula is C21H25BrFN3OS. The van der Waals surface area contributed by atoms with Crippen LogP contribution in [0, 0.1) is 11.7 Å². The first kappa shape index (κ1) is 21.0. The number of aryl methyl sites for hydroxylation is 1. The second kappa shape index (κ2) is 9.18. The molecule has 0 aliphatic rings. The molecule has 0 radical (unpaired) electrons. The number of aromatic nitrogens is 2. The van der Waals surface area contributed by atoms with Crippen molar-refractivity contribution in [1.29, 1.82) is 0 Å². The van der Waals surface area contributed by atoms with Gasteiger partial charge >= 0.3 is 0 Å². The molecule has 0 bridgehead atoms. The molecule has 0 unspecified atom stereocenters. The van der Waals surface area contributed by atoms with Gasteiger partial charge in [0.25, 0.3) is 5.91 Å². The predicted octanol–water partition coefficient (Wildman–Crippen LogP) is 6.10. The maximum atomic E-state index is 13.8. The number of imidazole rings is 1. The van der Waals surface area contributed by atoms with Crippen molar-refractivity contribution in [2.75, 3.05) is 6.54 Å². The number of halogens is 2. The second-order valence-electron chi connectivity index (χ2n) is 7.33. The number of carbonyl (C=O) groups excluding carboxylic acids is 1. The van der Waals surface area contributed by atoms with Crippen LogP contribution >= 0.6 is 27.3 Å². The van der Waals surface area contributed by atoms with Crippen LogP contribution < -0.4 is 0 Å². The zero-order valence-electron chi connectivity index (χ0n) is 16.4. The van der Waals surface area contributed by atoms with Gasteiger partial charge in [-0.15, -0.1) is 11.3 Å². The molecule has 0 fully saturated rings. The van der Waals surface area contributed by atoms with Gasteiger partial charge < -0.3 is 9.47 Å². The van der Waals surface area contributed by atoms with Crippen LogP contribution in [-0.2, 0) is 13.1 Å². The molecule has 0 saturated heterocycles. The Hall–Kier alpha value is -1.73. The second-order valence-corrected chi connectivity index (χ2v) is 9.79.